The third-order valence-corrected chi connectivity index (χ3v) is 4.65. The van der Waals surface area contributed by atoms with Gasteiger partial charge < -0.3 is 15.4 Å². The molecule has 0 bridgehead atoms. The van der Waals surface area contributed by atoms with Crippen LogP contribution in [0.15, 0.2) is 60.8 Å². The fourth-order valence-corrected chi connectivity index (χ4v) is 3.09. The molecule has 3 rings (SSSR count). The van der Waals surface area contributed by atoms with E-state index >= 15 is 0 Å². The van der Waals surface area contributed by atoms with E-state index < -0.39 is 0 Å². The van der Waals surface area contributed by atoms with Crippen LogP contribution in [0.25, 0.3) is 0 Å². The van der Waals surface area contributed by atoms with Crippen molar-refractivity contribution in [1.82, 2.24) is 4.98 Å². The zero-order valence-corrected chi connectivity index (χ0v) is 16.5. The largest absolute Gasteiger partial charge is 0.496 e. The van der Waals surface area contributed by atoms with Crippen LogP contribution in [0.2, 0.25) is 0 Å². The topological polar surface area (TPSA) is 63.2 Å². The van der Waals surface area contributed by atoms with Gasteiger partial charge in [-0.25, -0.2) is 0 Å². The predicted octanol–water partition coefficient (Wildman–Crippen LogP) is 4.83. The van der Waals surface area contributed by atoms with Crippen molar-refractivity contribution >= 4 is 17.3 Å². The van der Waals surface area contributed by atoms with Gasteiger partial charge in [0.2, 0.25) is 0 Å². The molecule has 0 radical (unpaired) electrons. The van der Waals surface area contributed by atoms with Gasteiger partial charge in [0.05, 0.1) is 7.11 Å². The van der Waals surface area contributed by atoms with E-state index in [1.165, 1.54) is 0 Å². The van der Waals surface area contributed by atoms with Gasteiger partial charge in [-0.05, 0) is 42.7 Å². The monoisotopic (exact) mass is 375 g/mol. The van der Waals surface area contributed by atoms with Crippen LogP contribution >= 0.6 is 0 Å². The molecule has 0 aliphatic rings. The van der Waals surface area contributed by atoms with Crippen molar-refractivity contribution in [3.05, 3.63) is 83.2 Å². The lowest BCUT2D eigenvalue weighted by Crippen LogP contribution is -2.16. The predicted molar refractivity (Wildman–Crippen MR) is 113 cm³/mol. The number of methoxy groups -OCH3 is 1. The number of hydrogen-bond donors (Lipinski definition) is 2. The number of hydrogen-bond acceptors (Lipinski definition) is 4. The second-order valence-electron chi connectivity index (χ2n) is 6.51. The molecule has 0 fully saturated rings. The highest BCUT2D eigenvalue weighted by Crippen LogP contribution is 2.22. The molecule has 5 nitrogen and oxygen atoms in total. The van der Waals surface area contributed by atoms with Crippen molar-refractivity contribution in [2.24, 2.45) is 0 Å². The summed E-state index contributed by atoms with van der Waals surface area (Å²) in [4.78, 5) is 17.0. The third kappa shape index (κ3) is 4.49. The van der Waals surface area contributed by atoms with Gasteiger partial charge in [-0.1, -0.05) is 43.3 Å². The van der Waals surface area contributed by atoms with E-state index in [2.05, 4.69) is 22.5 Å². The van der Waals surface area contributed by atoms with Crippen LogP contribution in [-0.2, 0) is 13.0 Å². The Labute approximate surface area is 165 Å². The van der Waals surface area contributed by atoms with Crippen LogP contribution in [-0.4, -0.2) is 18.0 Å². The molecule has 1 aromatic heterocycles. The lowest BCUT2D eigenvalue weighted by atomic mass is 10.1. The number of amides is 1. The molecule has 0 saturated carbocycles. The second kappa shape index (κ2) is 9.04. The number of aryl methyl sites for hydroxylation is 2. The van der Waals surface area contributed by atoms with Crippen LogP contribution < -0.4 is 15.4 Å². The summed E-state index contributed by atoms with van der Waals surface area (Å²) >= 11 is 0. The summed E-state index contributed by atoms with van der Waals surface area (Å²) in [6.07, 6.45) is 2.49. The standard InChI is InChI=1S/C23H25N3O2/c1-4-17-10-7-8-16(2)22(17)26-23(27)20-14-19(12-13-24-20)25-15-18-9-5-6-11-21(18)28-3/h5-14H,4,15H2,1-3H3,(H,24,25)(H,26,27). The van der Waals surface area contributed by atoms with Crippen LogP contribution in [0.3, 0.4) is 0 Å². The summed E-state index contributed by atoms with van der Waals surface area (Å²) in [6, 6.07) is 17.5. The maximum Gasteiger partial charge on any atom is 0.274 e. The SMILES string of the molecule is CCc1cccc(C)c1NC(=O)c1cc(NCc2ccccc2OC)ccn1. The molecule has 0 spiro atoms. The van der Waals surface area contributed by atoms with Gasteiger partial charge in [0.25, 0.3) is 5.91 Å². The Hall–Kier alpha value is -3.34. The van der Waals surface area contributed by atoms with E-state index in [9.17, 15) is 4.79 Å². The Kier molecular flexibility index (Phi) is 6.27. The molecule has 2 N–H and O–H groups in total. The maximum atomic E-state index is 12.7. The Morgan fingerprint density at radius 1 is 1.07 bits per heavy atom. The second-order valence-corrected chi connectivity index (χ2v) is 6.51. The lowest BCUT2D eigenvalue weighted by Gasteiger charge is -2.13. The average Bonchev–Trinajstić information content (AvgIpc) is 2.74. The van der Waals surface area contributed by atoms with Gasteiger partial charge in [-0.15, -0.1) is 0 Å². The molecule has 5 heteroatoms. The van der Waals surface area contributed by atoms with Gasteiger partial charge in [0.15, 0.2) is 0 Å². The fourth-order valence-electron chi connectivity index (χ4n) is 3.09. The smallest absolute Gasteiger partial charge is 0.274 e. The van der Waals surface area contributed by atoms with Crippen molar-refractivity contribution in [2.75, 3.05) is 17.7 Å². The Bertz CT molecular complexity index is 970. The summed E-state index contributed by atoms with van der Waals surface area (Å²) in [5.41, 5.74) is 5.25. The first-order valence-corrected chi connectivity index (χ1v) is 9.34. The summed E-state index contributed by atoms with van der Waals surface area (Å²) in [5, 5.41) is 6.34. The number of carbonyl (C=O) groups is 1. The number of nitrogens with one attached hydrogen (secondary N) is 2. The van der Waals surface area contributed by atoms with Gasteiger partial charge in [0.1, 0.15) is 11.4 Å². The number of nitrogens with zero attached hydrogens (tertiary/aromatic N) is 1. The Morgan fingerprint density at radius 2 is 1.86 bits per heavy atom. The lowest BCUT2D eigenvalue weighted by molar-refractivity contribution is 0.102. The minimum absolute atomic E-state index is 0.218. The zero-order chi connectivity index (χ0) is 19.9. The van der Waals surface area contributed by atoms with Crippen molar-refractivity contribution in [3.8, 4) is 5.75 Å². The van der Waals surface area contributed by atoms with Crippen molar-refractivity contribution in [2.45, 2.75) is 26.8 Å². The van der Waals surface area contributed by atoms with E-state index in [1.54, 1.807) is 19.4 Å². The highest BCUT2D eigenvalue weighted by atomic mass is 16.5. The molecule has 0 atom stereocenters. The van der Waals surface area contributed by atoms with Crippen LogP contribution in [0.1, 0.15) is 34.1 Å². The Morgan fingerprint density at radius 3 is 2.64 bits per heavy atom. The number of carbonyl (C=O) groups excluding carboxylic acids is 1. The molecular weight excluding hydrogens is 350 g/mol. The Balaban J connectivity index is 1.73. The van der Waals surface area contributed by atoms with Crippen molar-refractivity contribution in [3.63, 3.8) is 0 Å². The van der Waals surface area contributed by atoms with Crippen molar-refractivity contribution < 1.29 is 9.53 Å². The van der Waals surface area contributed by atoms with Gasteiger partial charge in [-0.3, -0.25) is 9.78 Å². The quantitative estimate of drug-likeness (QED) is 0.621. The molecule has 28 heavy (non-hydrogen) atoms. The normalized spacial score (nSPS) is 10.4. The first-order valence-electron chi connectivity index (χ1n) is 9.34. The van der Waals surface area contributed by atoms with E-state index in [4.69, 9.17) is 4.74 Å². The number of para-hydroxylation sites is 2. The summed E-state index contributed by atoms with van der Waals surface area (Å²) < 4.78 is 5.38. The fraction of sp³-hybridized carbons (Fsp3) is 0.217. The number of aromatic nitrogens is 1. The number of rotatable bonds is 7. The summed E-state index contributed by atoms with van der Waals surface area (Å²) in [7, 11) is 1.66. The molecule has 3 aromatic rings. The average molecular weight is 375 g/mol. The highest BCUT2D eigenvalue weighted by Gasteiger charge is 2.12. The minimum atomic E-state index is -0.218. The maximum absolute atomic E-state index is 12.7. The summed E-state index contributed by atoms with van der Waals surface area (Å²) in [5.74, 6) is 0.610. The van der Waals surface area contributed by atoms with E-state index in [0.29, 0.717) is 12.2 Å². The van der Waals surface area contributed by atoms with Crippen LogP contribution in [0, 0.1) is 6.92 Å². The van der Waals surface area contributed by atoms with E-state index in [-0.39, 0.29) is 5.91 Å². The first kappa shape index (κ1) is 19.4. The van der Waals surface area contributed by atoms with E-state index in [1.807, 2.05) is 55.5 Å². The zero-order valence-electron chi connectivity index (χ0n) is 16.5. The van der Waals surface area contributed by atoms with Gasteiger partial charge >= 0.3 is 0 Å². The molecule has 0 aliphatic carbocycles. The number of benzene rings is 2. The molecule has 0 aliphatic heterocycles. The van der Waals surface area contributed by atoms with Crippen molar-refractivity contribution in [1.29, 1.82) is 0 Å². The number of pyridine rings is 1. The first-order chi connectivity index (χ1) is 13.6. The summed E-state index contributed by atoms with van der Waals surface area (Å²) in [6.45, 7) is 4.66. The third-order valence-electron chi connectivity index (χ3n) is 4.65. The van der Waals surface area contributed by atoms with E-state index in [0.717, 1.165) is 40.2 Å². The molecular formula is C23H25N3O2. The molecule has 0 saturated heterocycles. The van der Waals surface area contributed by atoms with Crippen LogP contribution in [0.4, 0.5) is 11.4 Å². The highest BCUT2D eigenvalue weighted by molar-refractivity contribution is 6.04. The number of ether oxygens (including phenoxy) is 1. The molecule has 1 heterocycles. The molecule has 0 unspecified atom stereocenters. The number of anilines is 2. The minimum Gasteiger partial charge on any atom is -0.496 e. The molecule has 144 valence electrons. The molecule has 1 amide bonds. The van der Waals surface area contributed by atoms with Gasteiger partial charge in [-0.2, -0.15) is 0 Å². The van der Waals surface area contributed by atoms with Crippen LogP contribution in [0.5, 0.6) is 5.75 Å². The molecule has 2 aromatic carbocycles. The van der Waals surface area contributed by atoms with Gasteiger partial charge in [0, 0.05) is 29.7 Å².